The average Bonchev–Trinajstić information content (AvgIpc) is 3.05. The van der Waals surface area contributed by atoms with E-state index in [-0.39, 0.29) is 11.8 Å². The lowest BCUT2D eigenvalue weighted by Crippen LogP contribution is -2.12. The van der Waals surface area contributed by atoms with Crippen molar-refractivity contribution in [2.75, 3.05) is 5.32 Å². The van der Waals surface area contributed by atoms with Crippen LogP contribution in [0, 0.1) is 0 Å². The number of rotatable bonds is 5. The predicted molar refractivity (Wildman–Crippen MR) is 101 cm³/mol. The number of halogens is 1. The molecule has 0 saturated heterocycles. The van der Waals surface area contributed by atoms with Crippen molar-refractivity contribution in [1.29, 1.82) is 0 Å². The fraction of sp³-hybridized carbons (Fsp3) is 0.167. The number of carbonyl (C=O) groups is 1. The van der Waals surface area contributed by atoms with Crippen LogP contribution >= 0.6 is 27.3 Å². The van der Waals surface area contributed by atoms with Crippen LogP contribution in [0.5, 0.6) is 0 Å². The van der Waals surface area contributed by atoms with E-state index in [4.69, 9.17) is 0 Å². The van der Waals surface area contributed by atoms with Gasteiger partial charge in [0.25, 0.3) is 5.91 Å². The third kappa shape index (κ3) is 3.71. The highest BCUT2D eigenvalue weighted by molar-refractivity contribution is 9.10. The highest BCUT2D eigenvalue weighted by atomic mass is 79.9. The number of nitrogens with one attached hydrogen (secondary N) is 1. The van der Waals surface area contributed by atoms with Crippen molar-refractivity contribution in [3.63, 3.8) is 0 Å². The van der Waals surface area contributed by atoms with Crippen LogP contribution < -0.4 is 5.32 Å². The van der Waals surface area contributed by atoms with Crippen molar-refractivity contribution in [3.05, 3.63) is 75.2 Å². The summed E-state index contributed by atoms with van der Waals surface area (Å²) in [6.45, 7) is 2.12. The Morgan fingerprint density at radius 3 is 2.54 bits per heavy atom. The Kier molecular flexibility index (Phi) is 5.37. The van der Waals surface area contributed by atoms with E-state index in [9.17, 15) is 4.79 Å². The van der Waals surface area contributed by atoms with Gasteiger partial charge in [0.2, 0.25) is 5.13 Å². The number of hydrogen-bond acceptors (Lipinski definition) is 4. The Labute approximate surface area is 153 Å². The lowest BCUT2D eigenvalue weighted by molar-refractivity contribution is 0.102. The molecule has 0 saturated carbocycles. The van der Waals surface area contributed by atoms with E-state index in [1.165, 1.54) is 16.9 Å². The molecule has 1 amide bonds. The highest BCUT2D eigenvalue weighted by Crippen LogP contribution is 2.31. The largest absolute Gasteiger partial charge is 0.296 e. The fourth-order valence-corrected chi connectivity index (χ4v) is 3.89. The molecule has 6 heteroatoms. The van der Waals surface area contributed by atoms with Crippen molar-refractivity contribution in [2.24, 2.45) is 0 Å². The van der Waals surface area contributed by atoms with Gasteiger partial charge in [-0.25, -0.2) is 0 Å². The molecule has 0 aliphatic carbocycles. The van der Waals surface area contributed by atoms with Crippen molar-refractivity contribution in [2.45, 2.75) is 19.3 Å². The predicted octanol–water partition coefficient (Wildman–Crippen LogP) is 5.09. The first kappa shape index (κ1) is 16.8. The van der Waals surface area contributed by atoms with Gasteiger partial charge >= 0.3 is 0 Å². The minimum Gasteiger partial charge on any atom is -0.296 e. The number of nitrogens with zero attached hydrogens (tertiary/aromatic N) is 2. The van der Waals surface area contributed by atoms with Crippen LogP contribution in [0.2, 0.25) is 0 Å². The van der Waals surface area contributed by atoms with E-state index >= 15 is 0 Å². The van der Waals surface area contributed by atoms with Gasteiger partial charge in [0.05, 0.1) is 5.56 Å². The van der Waals surface area contributed by atoms with Gasteiger partial charge in [-0.3, -0.25) is 10.1 Å². The van der Waals surface area contributed by atoms with Gasteiger partial charge in [-0.05, 0) is 40.0 Å². The van der Waals surface area contributed by atoms with E-state index in [0.29, 0.717) is 10.7 Å². The molecule has 1 unspecified atom stereocenters. The summed E-state index contributed by atoms with van der Waals surface area (Å²) in [6, 6.07) is 17.5. The first-order chi connectivity index (χ1) is 11.7. The smallest absolute Gasteiger partial charge is 0.258 e. The molecule has 3 rings (SSSR count). The summed E-state index contributed by atoms with van der Waals surface area (Å²) in [5.41, 5.74) is 1.78. The maximum Gasteiger partial charge on any atom is 0.258 e. The molecule has 0 aliphatic rings. The third-order valence-corrected chi connectivity index (χ3v) is 5.33. The topological polar surface area (TPSA) is 54.9 Å². The Bertz CT molecular complexity index is 835. The fourth-order valence-electron chi connectivity index (χ4n) is 2.47. The molecule has 0 spiro atoms. The van der Waals surface area contributed by atoms with E-state index in [0.717, 1.165) is 15.9 Å². The van der Waals surface area contributed by atoms with E-state index < -0.39 is 0 Å². The number of carbonyl (C=O) groups excluding carboxylic acids is 1. The molecule has 0 fully saturated rings. The summed E-state index contributed by atoms with van der Waals surface area (Å²) in [4.78, 5) is 12.4. The van der Waals surface area contributed by atoms with Crippen LogP contribution in [0.25, 0.3) is 0 Å². The minimum atomic E-state index is -0.196. The first-order valence-corrected chi connectivity index (χ1v) is 9.24. The maximum absolute atomic E-state index is 12.4. The van der Waals surface area contributed by atoms with Crippen molar-refractivity contribution >= 4 is 38.3 Å². The lowest BCUT2D eigenvalue weighted by atomic mass is 9.97. The first-order valence-electron chi connectivity index (χ1n) is 7.63. The molecule has 0 radical (unpaired) electrons. The number of anilines is 1. The molecule has 0 bridgehead atoms. The standard InChI is InChI=1S/C18H16BrN3OS/c1-2-13(12-8-4-3-5-9-12)17-21-22-18(24-17)20-16(23)14-10-6-7-11-15(14)19/h3-11,13H,2H2,1H3,(H,20,22,23). The second-order valence-electron chi connectivity index (χ2n) is 5.25. The van der Waals surface area contributed by atoms with Crippen molar-refractivity contribution < 1.29 is 4.79 Å². The minimum absolute atomic E-state index is 0.192. The van der Waals surface area contributed by atoms with Crippen LogP contribution in [0.1, 0.15) is 40.2 Å². The molecule has 4 nitrogen and oxygen atoms in total. The molecule has 1 heterocycles. The van der Waals surface area contributed by atoms with Crippen LogP contribution in [-0.4, -0.2) is 16.1 Å². The zero-order valence-corrected chi connectivity index (χ0v) is 15.5. The van der Waals surface area contributed by atoms with Gasteiger partial charge in [-0.15, -0.1) is 10.2 Å². The van der Waals surface area contributed by atoms with Crippen LogP contribution in [0.3, 0.4) is 0 Å². The summed E-state index contributed by atoms with van der Waals surface area (Å²) in [6.07, 6.45) is 0.927. The van der Waals surface area contributed by atoms with Crippen molar-refractivity contribution in [3.8, 4) is 0 Å². The normalized spacial score (nSPS) is 11.9. The van der Waals surface area contributed by atoms with Gasteiger partial charge in [0.15, 0.2) is 0 Å². The Morgan fingerprint density at radius 1 is 1.12 bits per heavy atom. The summed E-state index contributed by atoms with van der Waals surface area (Å²) in [5, 5.41) is 12.7. The molecule has 1 aromatic heterocycles. The van der Waals surface area contributed by atoms with Gasteiger partial charge in [0, 0.05) is 10.4 Å². The van der Waals surface area contributed by atoms with Gasteiger partial charge in [-0.1, -0.05) is 60.7 Å². The molecular weight excluding hydrogens is 386 g/mol. The number of amides is 1. The molecule has 1 N–H and O–H groups in total. The zero-order chi connectivity index (χ0) is 16.9. The lowest BCUT2D eigenvalue weighted by Gasteiger charge is -2.11. The Balaban J connectivity index is 1.78. The SMILES string of the molecule is CCC(c1ccccc1)c1nnc(NC(=O)c2ccccc2Br)s1. The average molecular weight is 402 g/mol. The Hall–Kier alpha value is -2.05. The van der Waals surface area contributed by atoms with E-state index in [1.807, 2.05) is 36.4 Å². The summed E-state index contributed by atoms with van der Waals surface area (Å²) in [7, 11) is 0. The number of aromatic nitrogens is 2. The highest BCUT2D eigenvalue weighted by Gasteiger charge is 2.18. The number of benzene rings is 2. The molecule has 1 atom stereocenters. The van der Waals surface area contributed by atoms with Crippen LogP contribution in [-0.2, 0) is 0 Å². The van der Waals surface area contributed by atoms with Crippen molar-refractivity contribution in [1.82, 2.24) is 10.2 Å². The van der Waals surface area contributed by atoms with Gasteiger partial charge in [-0.2, -0.15) is 0 Å². The number of hydrogen-bond donors (Lipinski definition) is 1. The summed E-state index contributed by atoms with van der Waals surface area (Å²) in [5.74, 6) is -0.00394. The molecule has 24 heavy (non-hydrogen) atoms. The monoisotopic (exact) mass is 401 g/mol. The maximum atomic E-state index is 12.4. The van der Waals surface area contributed by atoms with E-state index in [2.05, 4.69) is 50.5 Å². The molecule has 3 aromatic rings. The Morgan fingerprint density at radius 2 is 1.83 bits per heavy atom. The van der Waals surface area contributed by atoms with Gasteiger partial charge in [0.1, 0.15) is 5.01 Å². The molecule has 0 aliphatic heterocycles. The van der Waals surface area contributed by atoms with Crippen LogP contribution in [0.15, 0.2) is 59.1 Å². The quantitative estimate of drug-likeness (QED) is 0.647. The third-order valence-electron chi connectivity index (χ3n) is 3.69. The van der Waals surface area contributed by atoms with Crippen LogP contribution in [0.4, 0.5) is 5.13 Å². The van der Waals surface area contributed by atoms with Gasteiger partial charge < -0.3 is 0 Å². The summed E-state index contributed by atoms with van der Waals surface area (Å²) >= 11 is 4.81. The zero-order valence-electron chi connectivity index (χ0n) is 13.1. The molecule has 2 aromatic carbocycles. The molecular formula is C18H16BrN3OS. The second kappa shape index (κ2) is 7.68. The molecule has 122 valence electrons. The van der Waals surface area contributed by atoms with E-state index in [1.54, 1.807) is 6.07 Å². The second-order valence-corrected chi connectivity index (χ2v) is 7.11. The summed E-state index contributed by atoms with van der Waals surface area (Å²) < 4.78 is 0.753.